The van der Waals surface area contributed by atoms with E-state index < -0.39 is 0 Å². The number of hydrogen-bond acceptors (Lipinski definition) is 2. The molecule has 1 aliphatic rings. The van der Waals surface area contributed by atoms with Crippen LogP contribution >= 0.6 is 22.9 Å². The van der Waals surface area contributed by atoms with Crippen LogP contribution < -0.4 is 0 Å². The van der Waals surface area contributed by atoms with Crippen LogP contribution in [0.1, 0.15) is 48.2 Å². The predicted octanol–water partition coefficient (Wildman–Crippen LogP) is 4.86. The highest BCUT2D eigenvalue weighted by molar-refractivity contribution is 7.18. The Bertz CT molecular complexity index is 406. The average molecular weight is 255 g/mol. The van der Waals surface area contributed by atoms with Gasteiger partial charge in [0.25, 0.3) is 0 Å². The second-order valence-electron chi connectivity index (χ2n) is 4.12. The molecule has 0 spiro atoms. The Kier molecular flexibility index (Phi) is 4.19. The van der Waals surface area contributed by atoms with Gasteiger partial charge in [-0.15, -0.1) is 11.3 Å². The summed E-state index contributed by atoms with van der Waals surface area (Å²) in [4.78, 5) is 12.9. The Morgan fingerprint density at radius 3 is 2.75 bits per heavy atom. The van der Waals surface area contributed by atoms with Crippen molar-refractivity contribution in [3.8, 4) is 0 Å². The summed E-state index contributed by atoms with van der Waals surface area (Å²) in [6, 6.07) is 3.62. The molecule has 0 saturated heterocycles. The van der Waals surface area contributed by atoms with Crippen molar-refractivity contribution < 1.29 is 4.79 Å². The van der Waals surface area contributed by atoms with Gasteiger partial charge in [0.1, 0.15) is 0 Å². The Balaban J connectivity index is 2.13. The van der Waals surface area contributed by atoms with Crippen LogP contribution in [0.25, 0.3) is 0 Å². The summed E-state index contributed by atoms with van der Waals surface area (Å²) in [5, 5.41) is 0. The molecule has 0 amide bonds. The Hall–Kier alpha value is -0.600. The summed E-state index contributed by atoms with van der Waals surface area (Å²) >= 11 is 7.23. The standard InChI is InChI=1S/C13H15ClOS/c14-12-9-8-11(16-12)13(15)10-6-4-2-1-3-5-7-10/h6,8-9H,1-5,7H2/b10-6+. The van der Waals surface area contributed by atoms with E-state index in [1.165, 1.54) is 30.6 Å². The zero-order chi connectivity index (χ0) is 11.4. The lowest BCUT2D eigenvalue weighted by atomic mass is 9.97. The van der Waals surface area contributed by atoms with Crippen LogP contribution in [0.15, 0.2) is 23.8 Å². The fraction of sp³-hybridized carbons (Fsp3) is 0.462. The van der Waals surface area contributed by atoms with Gasteiger partial charge in [-0.05, 0) is 43.4 Å². The lowest BCUT2D eigenvalue weighted by Crippen LogP contribution is -2.03. The third-order valence-electron chi connectivity index (χ3n) is 2.88. The van der Waals surface area contributed by atoms with E-state index in [4.69, 9.17) is 11.6 Å². The van der Waals surface area contributed by atoms with Gasteiger partial charge in [0.15, 0.2) is 5.78 Å². The molecule has 0 aliphatic heterocycles. The molecule has 1 aromatic rings. The summed E-state index contributed by atoms with van der Waals surface area (Å²) in [5.41, 5.74) is 0.984. The highest BCUT2D eigenvalue weighted by atomic mass is 35.5. The molecule has 1 heterocycles. The van der Waals surface area contributed by atoms with Crippen LogP contribution in [0.5, 0.6) is 0 Å². The molecule has 0 unspecified atom stereocenters. The molecule has 1 nitrogen and oxygen atoms in total. The second-order valence-corrected chi connectivity index (χ2v) is 5.83. The smallest absolute Gasteiger partial charge is 0.198 e. The number of carbonyl (C=O) groups excluding carboxylic acids is 1. The van der Waals surface area contributed by atoms with Gasteiger partial charge in [-0.1, -0.05) is 30.5 Å². The molecule has 0 N–H and O–H groups in total. The zero-order valence-electron chi connectivity index (χ0n) is 9.17. The highest BCUT2D eigenvalue weighted by Gasteiger charge is 2.14. The first-order valence-corrected chi connectivity index (χ1v) is 6.96. The summed E-state index contributed by atoms with van der Waals surface area (Å²) < 4.78 is 0.690. The summed E-state index contributed by atoms with van der Waals surface area (Å²) in [7, 11) is 0. The van der Waals surface area contributed by atoms with Crippen molar-refractivity contribution in [2.75, 3.05) is 0 Å². The number of carbonyl (C=O) groups is 1. The maximum absolute atomic E-state index is 12.2. The van der Waals surface area contributed by atoms with Gasteiger partial charge in [-0.25, -0.2) is 0 Å². The third-order valence-corrected chi connectivity index (χ3v) is 4.11. The maximum Gasteiger partial charge on any atom is 0.198 e. The number of allylic oxidation sites excluding steroid dienone is 2. The molecule has 0 aromatic carbocycles. The van der Waals surface area contributed by atoms with E-state index >= 15 is 0 Å². The first-order chi connectivity index (χ1) is 7.77. The van der Waals surface area contributed by atoms with E-state index in [0.717, 1.165) is 29.7 Å². The number of Topliss-reactive ketones (excluding diaryl/α,β-unsaturated/α-hetero) is 1. The molecule has 0 saturated carbocycles. The van der Waals surface area contributed by atoms with Crippen molar-refractivity contribution in [1.29, 1.82) is 0 Å². The van der Waals surface area contributed by atoms with Crippen molar-refractivity contribution >= 4 is 28.7 Å². The van der Waals surface area contributed by atoms with Gasteiger partial charge in [0, 0.05) is 0 Å². The lowest BCUT2D eigenvalue weighted by Gasteiger charge is -2.09. The van der Waals surface area contributed by atoms with Gasteiger partial charge in [-0.2, -0.15) is 0 Å². The fourth-order valence-electron chi connectivity index (χ4n) is 1.99. The van der Waals surface area contributed by atoms with E-state index in [0.29, 0.717) is 4.34 Å². The maximum atomic E-state index is 12.2. The SMILES string of the molecule is O=C(/C1=C/CCCCCC1)c1ccc(Cl)s1. The van der Waals surface area contributed by atoms with Gasteiger partial charge in [0.2, 0.25) is 0 Å². The van der Waals surface area contributed by atoms with Gasteiger partial charge in [0.05, 0.1) is 9.21 Å². The predicted molar refractivity (Wildman–Crippen MR) is 69.4 cm³/mol. The summed E-state index contributed by atoms with van der Waals surface area (Å²) in [6.45, 7) is 0. The molecule has 86 valence electrons. The van der Waals surface area contributed by atoms with Crippen molar-refractivity contribution in [3.63, 3.8) is 0 Å². The Labute approximate surface area is 105 Å². The zero-order valence-corrected chi connectivity index (χ0v) is 10.7. The molecule has 2 rings (SSSR count). The van der Waals surface area contributed by atoms with Crippen molar-refractivity contribution in [2.45, 2.75) is 38.5 Å². The van der Waals surface area contributed by atoms with Crippen LogP contribution in [-0.2, 0) is 0 Å². The number of thiophene rings is 1. The minimum atomic E-state index is 0.179. The van der Waals surface area contributed by atoms with Crippen LogP contribution in [0, 0.1) is 0 Å². The van der Waals surface area contributed by atoms with Crippen LogP contribution in [0.3, 0.4) is 0 Å². The van der Waals surface area contributed by atoms with Gasteiger partial charge >= 0.3 is 0 Å². The van der Waals surface area contributed by atoms with E-state index in [2.05, 4.69) is 6.08 Å². The number of ketones is 1. The van der Waals surface area contributed by atoms with Crippen LogP contribution in [0.4, 0.5) is 0 Å². The molecule has 0 radical (unpaired) electrons. The summed E-state index contributed by atoms with van der Waals surface area (Å²) in [6.07, 6.45) is 8.97. The number of hydrogen-bond donors (Lipinski definition) is 0. The normalized spacial score (nSPS) is 20.7. The average Bonchev–Trinajstić information content (AvgIpc) is 2.63. The fourth-order valence-corrected chi connectivity index (χ4v) is 3.01. The van der Waals surface area contributed by atoms with Gasteiger partial charge < -0.3 is 0 Å². The number of rotatable bonds is 2. The van der Waals surface area contributed by atoms with E-state index in [1.807, 2.05) is 6.07 Å². The largest absolute Gasteiger partial charge is 0.288 e. The molecule has 0 atom stereocenters. The quantitative estimate of drug-likeness (QED) is 0.689. The molecule has 1 aromatic heterocycles. The molecule has 1 aliphatic carbocycles. The molecular weight excluding hydrogens is 240 g/mol. The Morgan fingerprint density at radius 1 is 1.19 bits per heavy atom. The van der Waals surface area contributed by atoms with Crippen molar-refractivity contribution in [3.05, 3.63) is 33.0 Å². The molecule has 16 heavy (non-hydrogen) atoms. The third kappa shape index (κ3) is 2.96. The second kappa shape index (κ2) is 5.65. The van der Waals surface area contributed by atoms with E-state index in [9.17, 15) is 4.79 Å². The molecule has 0 fully saturated rings. The summed E-state index contributed by atoms with van der Waals surface area (Å²) in [5.74, 6) is 0.179. The molecular formula is C13H15ClOS. The monoisotopic (exact) mass is 254 g/mol. The van der Waals surface area contributed by atoms with Crippen molar-refractivity contribution in [1.82, 2.24) is 0 Å². The highest BCUT2D eigenvalue weighted by Crippen LogP contribution is 2.26. The topological polar surface area (TPSA) is 17.1 Å². The van der Waals surface area contributed by atoms with Crippen LogP contribution in [-0.4, -0.2) is 5.78 Å². The Morgan fingerprint density at radius 2 is 2.00 bits per heavy atom. The van der Waals surface area contributed by atoms with E-state index in [1.54, 1.807) is 6.07 Å². The molecule has 0 bridgehead atoms. The van der Waals surface area contributed by atoms with Crippen molar-refractivity contribution in [2.24, 2.45) is 0 Å². The van der Waals surface area contributed by atoms with Gasteiger partial charge in [-0.3, -0.25) is 4.79 Å². The molecule has 3 heteroatoms. The first kappa shape index (κ1) is 11.9. The van der Waals surface area contributed by atoms with E-state index in [-0.39, 0.29) is 5.78 Å². The minimum Gasteiger partial charge on any atom is -0.288 e. The first-order valence-electron chi connectivity index (χ1n) is 5.76. The number of halogens is 1. The lowest BCUT2D eigenvalue weighted by molar-refractivity contribution is 0.103. The minimum absolute atomic E-state index is 0.179. The van der Waals surface area contributed by atoms with Crippen LogP contribution in [0.2, 0.25) is 4.34 Å².